The van der Waals surface area contributed by atoms with E-state index in [1.165, 1.54) is 24.3 Å². The zero-order chi connectivity index (χ0) is 32.4. The third kappa shape index (κ3) is 6.85. The highest BCUT2D eigenvalue weighted by atomic mass is 35.5. The number of phenolic OH excluding ortho intramolecular Hbond substituents is 1. The maximum Gasteiger partial charge on any atom is 0.417 e. The highest BCUT2D eigenvalue weighted by Crippen LogP contribution is 2.42. The van der Waals surface area contributed by atoms with Gasteiger partial charge < -0.3 is 15.3 Å². The molecule has 4 aromatic carbocycles. The van der Waals surface area contributed by atoms with Crippen LogP contribution in [0.15, 0.2) is 84.9 Å². The van der Waals surface area contributed by atoms with Crippen molar-refractivity contribution in [3.63, 3.8) is 0 Å². The molecule has 2 N–H and O–H groups in total. The Morgan fingerprint density at radius 2 is 1.59 bits per heavy atom. The lowest BCUT2D eigenvalue weighted by Crippen LogP contribution is -2.48. The molecule has 1 saturated heterocycles. The number of nitrogens with zero attached hydrogens (tertiary/aromatic N) is 2. The summed E-state index contributed by atoms with van der Waals surface area (Å²) < 4.78 is 42.0. The van der Waals surface area contributed by atoms with E-state index in [1.807, 2.05) is 30.3 Å². The quantitative estimate of drug-likeness (QED) is 0.207. The van der Waals surface area contributed by atoms with Gasteiger partial charge in [-0.1, -0.05) is 78.5 Å². The molecular weight excluding hydrogens is 634 g/mol. The van der Waals surface area contributed by atoms with Crippen molar-refractivity contribution in [3.05, 3.63) is 117 Å². The average molecular weight is 669 g/mol. The zero-order valence-electron chi connectivity index (χ0n) is 25.0. The van der Waals surface area contributed by atoms with E-state index in [0.717, 1.165) is 43.0 Å². The van der Waals surface area contributed by atoms with Crippen molar-refractivity contribution in [2.75, 3.05) is 31.1 Å². The Kier molecular flexibility index (Phi) is 9.50. The summed E-state index contributed by atoms with van der Waals surface area (Å²) in [6, 6.07) is 22.4. The van der Waals surface area contributed by atoms with Crippen LogP contribution in [0.2, 0.25) is 10.0 Å². The Morgan fingerprint density at radius 1 is 0.870 bits per heavy atom. The fourth-order valence-electron chi connectivity index (χ4n) is 6.66. The molecule has 1 aliphatic carbocycles. The van der Waals surface area contributed by atoms with Gasteiger partial charge in [-0.05, 0) is 72.0 Å². The molecule has 1 atom stereocenters. The summed E-state index contributed by atoms with van der Waals surface area (Å²) in [5, 5.41) is 15.3. The van der Waals surface area contributed by atoms with E-state index in [-0.39, 0.29) is 23.3 Å². The summed E-state index contributed by atoms with van der Waals surface area (Å²) >= 11 is 12.8. The molecule has 1 saturated carbocycles. The number of halogens is 5. The lowest BCUT2D eigenvalue weighted by Gasteiger charge is -2.41. The fraction of sp³-hybridized carbons (Fsp3) is 0.306. The third-order valence-electron chi connectivity index (χ3n) is 8.97. The van der Waals surface area contributed by atoms with Gasteiger partial charge >= 0.3 is 6.18 Å². The second kappa shape index (κ2) is 13.6. The van der Waals surface area contributed by atoms with Crippen LogP contribution in [-0.2, 0) is 6.18 Å². The Morgan fingerprint density at radius 3 is 2.33 bits per heavy atom. The van der Waals surface area contributed by atoms with E-state index >= 15 is 0 Å². The minimum absolute atomic E-state index is 0.0279. The van der Waals surface area contributed by atoms with E-state index in [4.69, 9.17) is 23.2 Å². The van der Waals surface area contributed by atoms with Gasteiger partial charge in [-0.25, -0.2) is 0 Å². The number of aromatic hydroxyl groups is 1. The first-order chi connectivity index (χ1) is 22.1. The van der Waals surface area contributed by atoms with Crippen molar-refractivity contribution in [3.8, 4) is 16.9 Å². The molecule has 1 amide bonds. The lowest BCUT2D eigenvalue weighted by atomic mass is 9.90. The van der Waals surface area contributed by atoms with Crippen molar-refractivity contribution in [1.82, 2.24) is 10.2 Å². The molecule has 0 bridgehead atoms. The van der Waals surface area contributed by atoms with Crippen molar-refractivity contribution >= 4 is 34.8 Å². The number of hydrogen-bond donors (Lipinski definition) is 2. The van der Waals surface area contributed by atoms with Crippen LogP contribution >= 0.6 is 23.2 Å². The smallest absolute Gasteiger partial charge is 0.417 e. The largest absolute Gasteiger partial charge is 0.508 e. The van der Waals surface area contributed by atoms with Crippen LogP contribution in [0, 0.1) is 0 Å². The van der Waals surface area contributed by atoms with Crippen LogP contribution in [0.5, 0.6) is 5.75 Å². The number of alkyl halides is 3. The van der Waals surface area contributed by atoms with Gasteiger partial charge in [-0.3, -0.25) is 9.69 Å². The van der Waals surface area contributed by atoms with E-state index in [1.54, 1.807) is 24.3 Å². The predicted molar refractivity (Wildman–Crippen MR) is 177 cm³/mol. The molecule has 240 valence electrons. The van der Waals surface area contributed by atoms with E-state index in [0.29, 0.717) is 52.9 Å². The van der Waals surface area contributed by atoms with Crippen molar-refractivity contribution in [2.45, 2.75) is 43.9 Å². The first-order valence-corrected chi connectivity index (χ1v) is 16.2. The number of rotatable bonds is 7. The van der Waals surface area contributed by atoms with E-state index in [9.17, 15) is 23.1 Å². The molecule has 5 nitrogen and oxygen atoms in total. The Hall–Kier alpha value is -3.72. The third-order valence-corrected chi connectivity index (χ3v) is 9.78. The molecule has 2 aliphatic rings. The minimum atomic E-state index is -4.55. The number of hydrogen-bond acceptors (Lipinski definition) is 4. The topological polar surface area (TPSA) is 55.8 Å². The summed E-state index contributed by atoms with van der Waals surface area (Å²) in [5.74, 6) is -0.204. The standard InChI is InChI=1S/C36H34Cl2F3N3O2/c37-30-13-6-14-31(33(30)38)43-17-19-44(20-18-43)34(24-7-5-8-25(21-24)35(46)42-26-9-1-2-10-26)28-22-23(15-16-32(28)45)27-11-3-4-12-29(27)36(39,40)41/h3-8,11-16,21-22,26,34,45H,1-2,9-10,17-20H2,(H,42,46). The molecule has 10 heteroatoms. The molecule has 6 rings (SSSR count). The Balaban J connectivity index is 1.38. The predicted octanol–water partition coefficient (Wildman–Crippen LogP) is 8.97. The van der Waals surface area contributed by atoms with Gasteiger partial charge in [0, 0.05) is 43.3 Å². The van der Waals surface area contributed by atoms with Crippen LogP contribution in [0.4, 0.5) is 18.9 Å². The molecule has 4 aromatic rings. The summed E-state index contributed by atoms with van der Waals surface area (Å²) in [6.45, 7) is 2.29. The number of phenols is 1. The van der Waals surface area contributed by atoms with Crippen LogP contribution < -0.4 is 10.2 Å². The fourth-order valence-corrected chi connectivity index (χ4v) is 7.07. The molecule has 1 aliphatic heterocycles. The van der Waals surface area contributed by atoms with Gasteiger partial charge in [-0.15, -0.1) is 0 Å². The van der Waals surface area contributed by atoms with Crippen molar-refractivity contribution < 1.29 is 23.1 Å². The zero-order valence-corrected chi connectivity index (χ0v) is 26.5. The average Bonchev–Trinajstić information content (AvgIpc) is 3.57. The number of benzene rings is 4. The number of amides is 1. The second-order valence-electron chi connectivity index (χ2n) is 11.9. The highest BCUT2D eigenvalue weighted by Gasteiger charge is 2.34. The molecule has 0 aromatic heterocycles. The molecule has 0 radical (unpaired) electrons. The Bertz CT molecular complexity index is 1720. The SMILES string of the molecule is O=C(NC1CCCC1)c1cccc(C(c2cc(-c3ccccc3C(F)(F)F)ccc2O)N2CCN(c3cccc(Cl)c3Cl)CC2)c1. The molecule has 1 heterocycles. The summed E-state index contributed by atoms with van der Waals surface area (Å²) in [6.07, 6.45) is -0.462. The molecule has 0 spiro atoms. The van der Waals surface area contributed by atoms with Crippen LogP contribution in [0.3, 0.4) is 0 Å². The van der Waals surface area contributed by atoms with Gasteiger partial charge in [-0.2, -0.15) is 13.2 Å². The first kappa shape index (κ1) is 32.2. The van der Waals surface area contributed by atoms with Crippen LogP contribution in [0.25, 0.3) is 11.1 Å². The van der Waals surface area contributed by atoms with Gasteiger partial charge in [0.1, 0.15) is 5.75 Å². The summed E-state index contributed by atoms with van der Waals surface area (Å²) in [5.41, 5.74) is 2.15. The van der Waals surface area contributed by atoms with Crippen molar-refractivity contribution in [1.29, 1.82) is 0 Å². The van der Waals surface area contributed by atoms with Gasteiger partial charge in [0.2, 0.25) is 0 Å². The van der Waals surface area contributed by atoms with Crippen LogP contribution in [-0.4, -0.2) is 48.1 Å². The first-order valence-electron chi connectivity index (χ1n) is 15.4. The van der Waals surface area contributed by atoms with E-state index < -0.39 is 17.8 Å². The maximum absolute atomic E-state index is 14.0. The molecular formula is C36H34Cl2F3N3O2. The van der Waals surface area contributed by atoms with Gasteiger partial charge in [0.05, 0.1) is 27.3 Å². The van der Waals surface area contributed by atoms with Crippen molar-refractivity contribution in [2.24, 2.45) is 0 Å². The van der Waals surface area contributed by atoms with E-state index in [2.05, 4.69) is 15.1 Å². The van der Waals surface area contributed by atoms with Gasteiger partial charge in [0.15, 0.2) is 0 Å². The summed E-state index contributed by atoms with van der Waals surface area (Å²) in [7, 11) is 0. The number of carbonyl (C=O) groups is 1. The minimum Gasteiger partial charge on any atom is -0.508 e. The monoisotopic (exact) mass is 667 g/mol. The number of piperazine rings is 1. The van der Waals surface area contributed by atoms with Crippen LogP contribution in [0.1, 0.15) is 58.8 Å². The molecule has 1 unspecified atom stereocenters. The maximum atomic E-state index is 14.0. The lowest BCUT2D eigenvalue weighted by molar-refractivity contribution is -0.137. The number of anilines is 1. The second-order valence-corrected chi connectivity index (χ2v) is 12.7. The molecule has 46 heavy (non-hydrogen) atoms. The van der Waals surface area contributed by atoms with Gasteiger partial charge in [0.25, 0.3) is 5.91 Å². The Labute approximate surface area is 276 Å². The highest BCUT2D eigenvalue weighted by molar-refractivity contribution is 6.43. The normalized spacial score (nSPS) is 16.8. The molecule has 2 fully saturated rings. The number of nitrogens with one attached hydrogen (secondary N) is 1. The number of carbonyl (C=O) groups excluding carboxylic acids is 1. The summed E-state index contributed by atoms with van der Waals surface area (Å²) in [4.78, 5) is 17.6.